The van der Waals surface area contributed by atoms with Crippen LogP contribution in [0.4, 0.5) is 15.9 Å². The summed E-state index contributed by atoms with van der Waals surface area (Å²) in [4.78, 5) is 15.9. The highest BCUT2D eigenvalue weighted by atomic mass is 127. The zero-order valence-corrected chi connectivity index (χ0v) is 21.0. The van der Waals surface area contributed by atoms with E-state index in [4.69, 9.17) is 4.74 Å². The van der Waals surface area contributed by atoms with Crippen LogP contribution in [0.1, 0.15) is 12.5 Å². The third-order valence-electron chi connectivity index (χ3n) is 5.81. The Labute approximate surface area is 206 Å². The molecule has 0 bridgehead atoms. The van der Waals surface area contributed by atoms with E-state index in [1.54, 1.807) is 0 Å². The number of rotatable bonds is 4. The van der Waals surface area contributed by atoms with Gasteiger partial charge < -0.3 is 24.8 Å². The molecule has 2 aromatic rings. The van der Waals surface area contributed by atoms with Crippen LogP contribution in [0.3, 0.4) is 0 Å². The second-order valence-electron chi connectivity index (χ2n) is 8.00. The Balaban J connectivity index is 0.00000289. The molecule has 0 amide bonds. The third-order valence-corrected chi connectivity index (χ3v) is 5.81. The Bertz CT molecular complexity index is 888. The number of aliphatic imine (C=N–C) groups is 1. The topological polar surface area (TPSA) is 56.2 Å². The van der Waals surface area contributed by atoms with Gasteiger partial charge in [-0.1, -0.05) is 0 Å². The van der Waals surface area contributed by atoms with Gasteiger partial charge in [0, 0.05) is 64.7 Å². The van der Waals surface area contributed by atoms with E-state index in [1.807, 2.05) is 31.4 Å². The minimum absolute atomic E-state index is 0. The number of pyridine rings is 1. The monoisotopic (exact) mass is 554 g/mol. The van der Waals surface area contributed by atoms with E-state index in [9.17, 15) is 4.39 Å². The average molecular weight is 554 g/mol. The van der Waals surface area contributed by atoms with E-state index < -0.39 is 0 Å². The lowest BCUT2D eigenvalue weighted by Crippen LogP contribution is -2.52. The lowest BCUT2D eigenvalue weighted by molar-refractivity contribution is 0.0529. The maximum absolute atomic E-state index is 13.2. The Hall–Kier alpha value is -2.14. The van der Waals surface area contributed by atoms with Crippen molar-refractivity contribution in [3.05, 3.63) is 54.0 Å². The second kappa shape index (κ2) is 11.6. The highest BCUT2D eigenvalue weighted by Crippen LogP contribution is 2.18. The lowest BCUT2D eigenvalue weighted by Gasteiger charge is -2.37. The van der Waals surface area contributed by atoms with Gasteiger partial charge in [-0.2, -0.15) is 0 Å². The van der Waals surface area contributed by atoms with Crippen molar-refractivity contribution in [3.63, 3.8) is 0 Å². The van der Waals surface area contributed by atoms with Crippen molar-refractivity contribution in [2.45, 2.75) is 19.6 Å². The van der Waals surface area contributed by atoms with Gasteiger partial charge in [0.05, 0.1) is 12.7 Å². The number of nitrogens with one attached hydrogen (secondary N) is 1. The third kappa shape index (κ3) is 6.22. The van der Waals surface area contributed by atoms with E-state index in [2.05, 4.69) is 43.0 Å². The molecule has 2 fully saturated rings. The number of piperazine rings is 1. The fourth-order valence-electron chi connectivity index (χ4n) is 4.11. The van der Waals surface area contributed by atoms with Crippen LogP contribution in [0.5, 0.6) is 0 Å². The van der Waals surface area contributed by atoms with E-state index in [0.29, 0.717) is 6.54 Å². The maximum atomic E-state index is 13.2. The normalized spacial score (nSPS) is 19.5. The number of aromatic nitrogens is 1. The molecule has 2 aliphatic heterocycles. The summed E-state index contributed by atoms with van der Waals surface area (Å²) >= 11 is 0. The fourth-order valence-corrected chi connectivity index (χ4v) is 4.11. The van der Waals surface area contributed by atoms with Crippen molar-refractivity contribution in [1.82, 2.24) is 15.2 Å². The van der Waals surface area contributed by atoms with Gasteiger partial charge in [-0.3, -0.25) is 4.99 Å². The smallest absolute Gasteiger partial charge is 0.194 e. The summed E-state index contributed by atoms with van der Waals surface area (Å²) in [5.41, 5.74) is 2.24. The molecule has 1 aromatic carbocycles. The van der Waals surface area contributed by atoms with Crippen molar-refractivity contribution in [3.8, 4) is 0 Å². The molecule has 0 saturated carbocycles. The molecular weight excluding hydrogens is 522 g/mol. The first kappa shape index (κ1) is 24.5. The summed E-state index contributed by atoms with van der Waals surface area (Å²) in [6.07, 6.45) is 2.10. The van der Waals surface area contributed by atoms with Crippen LogP contribution < -0.4 is 15.1 Å². The predicted octanol–water partition coefficient (Wildman–Crippen LogP) is 2.96. The molecule has 1 atom stereocenters. The van der Waals surface area contributed by atoms with Crippen LogP contribution >= 0.6 is 24.0 Å². The first-order valence-electron chi connectivity index (χ1n) is 10.9. The zero-order valence-electron chi connectivity index (χ0n) is 18.7. The standard InChI is InChI=1S/C23H31FN6O.HI/c1-18-17-30(13-14-31-18)22-15-19(7-8-26-22)16-27-23(25-2)29-11-9-28(10-12-29)21-5-3-20(24)4-6-21;/h3-8,15,18H,9-14,16-17H2,1-2H3,(H,25,27);1H. The average Bonchev–Trinajstić information content (AvgIpc) is 2.81. The van der Waals surface area contributed by atoms with Crippen molar-refractivity contribution in [1.29, 1.82) is 0 Å². The minimum Gasteiger partial charge on any atom is -0.375 e. The van der Waals surface area contributed by atoms with Crippen molar-refractivity contribution >= 4 is 41.4 Å². The Kier molecular flexibility index (Phi) is 8.92. The largest absolute Gasteiger partial charge is 0.375 e. The van der Waals surface area contributed by atoms with Crippen LogP contribution in [-0.4, -0.2) is 74.9 Å². The van der Waals surface area contributed by atoms with Gasteiger partial charge in [0.25, 0.3) is 0 Å². The highest BCUT2D eigenvalue weighted by molar-refractivity contribution is 14.0. The van der Waals surface area contributed by atoms with Crippen LogP contribution in [-0.2, 0) is 11.3 Å². The first-order valence-corrected chi connectivity index (χ1v) is 10.9. The number of hydrogen-bond donors (Lipinski definition) is 1. The van der Waals surface area contributed by atoms with E-state index in [-0.39, 0.29) is 35.9 Å². The summed E-state index contributed by atoms with van der Waals surface area (Å²) < 4.78 is 18.8. The lowest BCUT2D eigenvalue weighted by atomic mass is 10.2. The zero-order chi connectivity index (χ0) is 21.6. The summed E-state index contributed by atoms with van der Waals surface area (Å²) in [7, 11) is 1.82. The Morgan fingerprint density at radius 2 is 1.88 bits per heavy atom. The quantitative estimate of drug-likeness (QED) is 0.357. The number of nitrogens with zero attached hydrogens (tertiary/aromatic N) is 5. The number of guanidine groups is 1. The molecule has 1 aromatic heterocycles. The molecule has 2 aliphatic rings. The van der Waals surface area contributed by atoms with Gasteiger partial charge in [-0.15, -0.1) is 24.0 Å². The number of morpholine rings is 1. The molecule has 7 nitrogen and oxygen atoms in total. The van der Waals surface area contributed by atoms with Crippen LogP contribution in [0, 0.1) is 5.82 Å². The molecule has 2 saturated heterocycles. The SMILES string of the molecule is CN=C(NCc1ccnc(N2CCOC(C)C2)c1)N1CCN(c2ccc(F)cc2)CC1.I. The van der Waals surface area contributed by atoms with E-state index in [1.165, 1.54) is 17.7 Å². The van der Waals surface area contributed by atoms with E-state index >= 15 is 0 Å². The Morgan fingerprint density at radius 3 is 2.56 bits per heavy atom. The van der Waals surface area contributed by atoms with Crippen LogP contribution in [0.15, 0.2) is 47.6 Å². The molecule has 4 rings (SSSR count). The number of benzene rings is 1. The second-order valence-corrected chi connectivity index (χ2v) is 8.00. The van der Waals surface area contributed by atoms with Crippen LogP contribution in [0.25, 0.3) is 0 Å². The molecule has 32 heavy (non-hydrogen) atoms. The molecule has 0 radical (unpaired) electrons. The molecule has 0 spiro atoms. The fraction of sp³-hybridized carbons (Fsp3) is 0.478. The number of anilines is 2. The minimum atomic E-state index is -0.200. The van der Waals surface area contributed by atoms with Gasteiger partial charge in [-0.25, -0.2) is 9.37 Å². The maximum Gasteiger partial charge on any atom is 0.194 e. The van der Waals surface area contributed by atoms with Gasteiger partial charge >= 0.3 is 0 Å². The number of hydrogen-bond acceptors (Lipinski definition) is 5. The molecule has 0 aliphatic carbocycles. The van der Waals surface area contributed by atoms with Crippen molar-refractivity contribution in [2.24, 2.45) is 4.99 Å². The molecule has 174 valence electrons. The van der Waals surface area contributed by atoms with Gasteiger partial charge in [0.1, 0.15) is 11.6 Å². The van der Waals surface area contributed by atoms with Gasteiger partial charge in [-0.05, 0) is 48.9 Å². The van der Waals surface area contributed by atoms with E-state index in [0.717, 1.165) is 63.3 Å². The summed E-state index contributed by atoms with van der Waals surface area (Å²) in [6, 6.07) is 10.9. The summed E-state index contributed by atoms with van der Waals surface area (Å²) in [5, 5.41) is 3.49. The summed E-state index contributed by atoms with van der Waals surface area (Å²) in [5.74, 6) is 1.70. The molecule has 1 N–H and O–H groups in total. The first-order chi connectivity index (χ1) is 15.1. The Morgan fingerprint density at radius 1 is 1.12 bits per heavy atom. The van der Waals surface area contributed by atoms with Gasteiger partial charge in [0.15, 0.2) is 5.96 Å². The van der Waals surface area contributed by atoms with Crippen LogP contribution in [0.2, 0.25) is 0 Å². The molecular formula is C23H32FIN6O. The number of ether oxygens (including phenoxy) is 1. The van der Waals surface area contributed by atoms with Gasteiger partial charge in [0.2, 0.25) is 0 Å². The predicted molar refractivity (Wildman–Crippen MR) is 138 cm³/mol. The summed E-state index contributed by atoms with van der Waals surface area (Å²) in [6.45, 7) is 8.74. The van der Waals surface area contributed by atoms with Crippen molar-refractivity contribution < 1.29 is 9.13 Å². The van der Waals surface area contributed by atoms with Crippen molar-refractivity contribution in [2.75, 3.05) is 62.7 Å². The molecule has 1 unspecified atom stereocenters. The molecule has 9 heteroatoms. The number of halogens is 2. The highest BCUT2D eigenvalue weighted by Gasteiger charge is 2.21. The molecule has 3 heterocycles.